The van der Waals surface area contributed by atoms with Crippen LogP contribution in [-0.4, -0.2) is 63.4 Å². The minimum atomic E-state index is -0.537. The summed E-state index contributed by atoms with van der Waals surface area (Å²) in [6, 6.07) is 7.60. The second-order valence-electron chi connectivity index (χ2n) is 12.0. The molecule has 216 valence electrons. The third kappa shape index (κ3) is 5.71. The second-order valence-corrected chi connectivity index (χ2v) is 12.0. The Morgan fingerprint density at radius 2 is 1.03 bits per heavy atom. The van der Waals surface area contributed by atoms with Crippen molar-refractivity contribution in [2.45, 2.75) is 83.2 Å². The lowest BCUT2D eigenvalue weighted by Gasteiger charge is -2.30. The molecule has 1 spiro atoms. The van der Waals surface area contributed by atoms with Crippen molar-refractivity contribution in [3.05, 3.63) is 46.5 Å². The van der Waals surface area contributed by atoms with Gasteiger partial charge >= 0.3 is 0 Å². The van der Waals surface area contributed by atoms with Gasteiger partial charge < -0.3 is 38.6 Å². The molecule has 0 heterocycles. The lowest BCUT2D eigenvalue weighted by molar-refractivity contribution is -0.0806. The Morgan fingerprint density at radius 1 is 0.641 bits per heavy atom. The number of aromatic hydroxyl groups is 2. The van der Waals surface area contributed by atoms with Crippen LogP contribution in [0.5, 0.6) is 23.0 Å². The monoisotopic (exact) mass is 544 g/mol. The Morgan fingerprint density at radius 3 is 1.38 bits per heavy atom. The predicted molar refractivity (Wildman–Crippen MR) is 148 cm³/mol. The molecule has 2 aliphatic rings. The molecule has 0 fully saturated rings. The molecular weight excluding hydrogens is 500 g/mol. The van der Waals surface area contributed by atoms with Crippen LogP contribution < -0.4 is 9.47 Å². The van der Waals surface area contributed by atoms with Gasteiger partial charge in [0.25, 0.3) is 0 Å². The van der Waals surface area contributed by atoms with Crippen LogP contribution in [0, 0.1) is 0 Å². The van der Waals surface area contributed by atoms with E-state index < -0.39 is 12.6 Å². The SMILES string of the molecule is COCCOC(C)Oc1cc2c(cc1O)C1(CC2(C)C)CC(C)(C)c2cc(OC(C)OCCOC)c(O)cc21. The van der Waals surface area contributed by atoms with Crippen LogP contribution in [0.3, 0.4) is 0 Å². The molecule has 39 heavy (non-hydrogen) atoms. The van der Waals surface area contributed by atoms with Gasteiger partial charge in [-0.2, -0.15) is 0 Å². The Labute approximate surface area is 232 Å². The maximum atomic E-state index is 11.1. The van der Waals surface area contributed by atoms with Gasteiger partial charge in [-0.05, 0) is 84.0 Å². The van der Waals surface area contributed by atoms with Gasteiger partial charge in [0, 0.05) is 19.6 Å². The minimum Gasteiger partial charge on any atom is -0.504 e. The fourth-order valence-corrected chi connectivity index (χ4v) is 6.55. The van der Waals surface area contributed by atoms with E-state index in [4.69, 9.17) is 28.4 Å². The topological polar surface area (TPSA) is 95.8 Å². The van der Waals surface area contributed by atoms with E-state index in [-0.39, 0.29) is 27.7 Å². The molecule has 0 saturated carbocycles. The van der Waals surface area contributed by atoms with Crippen molar-refractivity contribution in [3.63, 3.8) is 0 Å². The molecule has 2 aromatic rings. The zero-order valence-electron chi connectivity index (χ0n) is 24.6. The van der Waals surface area contributed by atoms with Crippen LogP contribution in [-0.2, 0) is 35.2 Å². The Bertz CT molecular complexity index is 1080. The molecule has 0 aromatic heterocycles. The standard InChI is InChI=1S/C31H44O8/c1-19(36-11-9-34-7)38-27-15-21-23(13-25(27)32)31(17-29(21,3)4)18-30(5,6)22-16-28(26(33)14-24(22)31)39-20(2)37-12-10-35-8/h13-16,19-20,32-33H,9-12,17-18H2,1-8H3. The number of ether oxygens (including phenoxy) is 6. The molecule has 2 unspecified atom stereocenters. The number of phenolic OH excluding ortho intramolecular Hbond substituents is 2. The summed E-state index contributed by atoms with van der Waals surface area (Å²) in [6.45, 7) is 14.2. The molecular formula is C31H44O8. The smallest absolute Gasteiger partial charge is 0.197 e. The Hall–Kier alpha value is -2.52. The summed E-state index contributed by atoms with van der Waals surface area (Å²) in [6.07, 6.45) is 0.602. The molecule has 8 heteroatoms. The summed E-state index contributed by atoms with van der Waals surface area (Å²) < 4.78 is 33.3. The summed E-state index contributed by atoms with van der Waals surface area (Å²) in [4.78, 5) is 0. The minimum absolute atomic E-state index is 0.0745. The van der Waals surface area contributed by atoms with E-state index in [1.54, 1.807) is 28.1 Å². The highest BCUT2D eigenvalue weighted by molar-refractivity contribution is 5.65. The third-order valence-electron chi connectivity index (χ3n) is 8.04. The second kappa shape index (κ2) is 11.2. The number of hydrogen-bond donors (Lipinski definition) is 2. The van der Waals surface area contributed by atoms with Crippen molar-refractivity contribution in [2.75, 3.05) is 40.6 Å². The maximum Gasteiger partial charge on any atom is 0.197 e. The van der Waals surface area contributed by atoms with Gasteiger partial charge in [0.1, 0.15) is 0 Å². The lowest BCUT2D eigenvalue weighted by atomic mass is 9.72. The Balaban J connectivity index is 1.70. The van der Waals surface area contributed by atoms with E-state index >= 15 is 0 Å². The van der Waals surface area contributed by atoms with Gasteiger partial charge in [-0.15, -0.1) is 0 Å². The summed E-state index contributed by atoms with van der Waals surface area (Å²) in [7, 11) is 3.24. The average molecular weight is 545 g/mol. The maximum absolute atomic E-state index is 11.1. The van der Waals surface area contributed by atoms with Crippen LogP contribution in [0.25, 0.3) is 0 Å². The van der Waals surface area contributed by atoms with E-state index in [9.17, 15) is 10.2 Å². The van der Waals surface area contributed by atoms with Crippen molar-refractivity contribution < 1.29 is 38.6 Å². The predicted octanol–water partition coefficient (Wildman–Crippen LogP) is 5.52. The molecule has 0 amide bonds. The first kappa shape index (κ1) is 29.5. The van der Waals surface area contributed by atoms with Crippen molar-refractivity contribution in [2.24, 2.45) is 0 Å². The van der Waals surface area contributed by atoms with Crippen LogP contribution in [0.1, 0.15) is 76.6 Å². The van der Waals surface area contributed by atoms with Crippen molar-refractivity contribution in [1.29, 1.82) is 0 Å². The molecule has 2 aromatic carbocycles. The first-order valence-corrected chi connectivity index (χ1v) is 13.6. The first-order chi connectivity index (χ1) is 18.3. The summed E-state index contributed by atoms with van der Waals surface area (Å²) in [5.74, 6) is 0.946. The molecule has 2 atom stereocenters. The van der Waals surface area contributed by atoms with Gasteiger partial charge in [-0.25, -0.2) is 0 Å². The lowest BCUT2D eigenvalue weighted by Crippen LogP contribution is -2.26. The third-order valence-corrected chi connectivity index (χ3v) is 8.04. The quantitative estimate of drug-likeness (QED) is 0.266. The highest BCUT2D eigenvalue weighted by atomic mass is 16.7. The highest BCUT2D eigenvalue weighted by Crippen LogP contribution is 2.64. The first-order valence-electron chi connectivity index (χ1n) is 13.6. The highest BCUT2D eigenvalue weighted by Gasteiger charge is 2.57. The van der Waals surface area contributed by atoms with Gasteiger partial charge in [0.05, 0.1) is 26.4 Å². The van der Waals surface area contributed by atoms with E-state index in [0.29, 0.717) is 37.9 Å². The molecule has 0 saturated heterocycles. The van der Waals surface area contributed by atoms with E-state index in [1.807, 2.05) is 24.3 Å². The van der Waals surface area contributed by atoms with Crippen LogP contribution >= 0.6 is 0 Å². The molecule has 0 bridgehead atoms. The number of benzene rings is 2. The van der Waals surface area contributed by atoms with Crippen LogP contribution in [0.4, 0.5) is 0 Å². The zero-order chi connectivity index (χ0) is 28.6. The molecule has 0 aliphatic heterocycles. The molecule has 0 radical (unpaired) electrons. The number of methoxy groups -OCH3 is 2. The fourth-order valence-electron chi connectivity index (χ4n) is 6.55. The normalized spacial score (nSPS) is 21.9. The Kier molecular flexibility index (Phi) is 8.43. The molecule has 2 N–H and O–H groups in total. The summed E-state index contributed by atoms with van der Waals surface area (Å²) in [5, 5.41) is 22.2. The number of phenols is 2. The number of fused-ring (bicyclic) bond motifs is 4. The summed E-state index contributed by atoms with van der Waals surface area (Å²) in [5.41, 5.74) is 3.65. The van der Waals surface area contributed by atoms with Gasteiger partial charge in [-0.1, -0.05) is 27.7 Å². The van der Waals surface area contributed by atoms with Crippen LogP contribution in [0.15, 0.2) is 24.3 Å². The molecule has 4 rings (SSSR count). The average Bonchev–Trinajstić information content (AvgIpc) is 3.19. The fraction of sp³-hybridized carbons (Fsp3) is 0.613. The van der Waals surface area contributed by atoms with Crippen molar-refractivity contribution in [3.8, 4) is 23.0 Å². The van der Waals surface area contributed by atoms with Gasteiger partial charge in [0.15, 0.2) is 35.6 Å². The number of rotatable bonds is 12. The van der Waals surface area contributed by atoms with E-state index in [2.05, 4.69) is 27.7 Å². The largest absolute Gasteiger partial charge is 0.504 e. The molecule has 8 nitrogen and oxygen atoms in total. The van der Waals surface area contributed by atoms with Crippen molar-refractivity contribution >= 4 is 0 Å². The van der Waals surface area contributed by atoms with Crippen LogP contribution in [0.2, 0.25) is 0 Å². The molecule has 2 aliphatic carbocycles. The van der Waals surface area contributed by atoms with E-state index in [0.717, 1.165) is 35.1 Å². The van der Waals surface area contributed by atoms with Gasteiger partial charge in [-0.3, -0.25) is 0 Å². The zero-order valence-corrected chi connectivity index (χ0v) is 24.6. The van der Waals surface area contributed by atoms with Crippen molar-refractivity contribution in [1.82, 2.24) is 0 Å². The summed E-state index contributed by atoms with van der Waals surface area (Å²) >= 11 is 0. The van der Waals surface area contributed by atoms with Gasteiger partial charge in [0.2, 0.25) is 0 Å². The van der Waals surface area contributed by atoms with E-state index in [1.165, 1.54) is 0 Å². The number of hydrogen-bond acceptors (Lipinski definition) is 8.